The molecule has 0 bridgehead atoms. The molecule has 2 heteroatoms. The van der Waals surface area contributed by atoms with Crippen molar-refractivity contribution in [2.75, 3.05) is 0 Å². The Labute approximate surface area is 151 Å². The van der Waals surface area contributed by atoms with Crippen molar-refractivity contribution in [2.24, 2.45) is 0 Å². The second kappa shape index (κ2) is 8.38. The quantitative estimate of drug-likeness (QED) is 0.486. The molecule has 0 radical (unpaired) electrons. The molecule has 0 saturated carbocycles. The monoisotopic (exact) mass is 342 g/mol. The smallest absolute Gasteiger partial charge is 0.105 e. The predicted octanol–water partition coefficient (Wildman–Crippen LogP) is 4.71. The summed E-state index contributed by atoms with van der Waals surface area (Å²) in [6, 6.07) is 17.4. The van der Waals surface area contributed by atoms with Gasteiger partial charge in [-0.25, -0.2) is 0 Å². The average molecular weight is 343 g/mol. The van der Waals surface area contributed by atoms with Crippen LogP contribution in [0.5, 0.6) is 0 Å². The second-order valence-electron chi connectivity index (χ2n) is 6.70. The van der Waals surface area contributed by atoms with Crippen LogP contribution in [-0.4, -0.2) is 13.2 Å². The Bertz CT molecular complexity index is 906. The molecule has 0 aliphatic rings. The Balaban J connectivity index is 2.33. The van der Waals surface area contributed by atoms with Gasteiger partial charge in [0, 0.05) is 16.7 Å². The third-order valence-electron chi connectivity index (χ3n) is 3.77. The van der Waals surface area contributed by atoms with Gasteiger partial charge in [-0.15, -0.1) is 5.73 Å². The van der Waals surface area contributed by atoms with Crippen molar-refractivity contribution >= 4 is 8.07 Å². The number of hydrogen-bond donors (Lipinski definition) is 1. The van der Waals surface area contributed by atoms with E-state index in [2.05, 4.69) is 55.6 Å². The Morgan fingerprint density at radius 1 is 0.920 bits per heavy atom. The Morgan fingerprint density at radius 3 is 2.16 bits per heavy atom. The zero-order chi connectivity index (χ0) is 18.3. The van der Waals surface area contributed by atoms with Gasteiger partial charge < -0.3 is 5.11 Å². The van der Waals surface area contributed by atoms with Crippen LogP contribution in [0.3, 0.4) is 0 Å². The van der Waals surface area contributed by atoms with E-state index in [4.69, 9.17) is 0 Å². The van der Waals surface area contributed by atoms with Gasteiger partial charge in [0.25, 0.3) is 0 Å². The molecular formula is C23H22OSi. The van der Waals surface area contributed by atoms with E-state index in [1.165, 1.54) is 0 Å². The Hall–Kier alpha value is -2.74. The molecule has 0 amide bonds. The molecule has 0 saturated heterocycles. The van der Waals surface area contributed by atoms with Gasteiger partial charge in [0.2, 0.25) is 0 Å². The molecule has 1 unspecified atom stereocenters. The van der Waals surface area contributed by atoms with Crippen LogP contribution in [0.4, 0.5) is 0 Å². The van der Waals surface area contributed by atoms with Gasteiger partial charge in [-0.05, 0) is 35.2 Å². The van der Waals surface area contributed by atoms with Crippen LogP contribution >= 0.6 is 0 Å². The van der Waals surface area contributed by atoms with Crippen molar-refractivity contribution in [3.8, 4) is 23.7 Å². The molecule has 1 N–H and O–H groups in total. The van der Waals surface area contributed by atoms with E-state index in [9.17, 15) is 5.11 Å². The molecular weight excluding hydrogens is 320 g/mol. The molecule has 0 aliphatic carbocycles. The number of aliphatic hydroxyl groups excluding tert-OH is 1. The third-order valence-corrected chi connectivity index (χ3v) is 5.83. The first kappa shape index (κ1) is 18.6. The van der Waals surface area contributed by atoms with Crippen LogP contribution in [0.15, 0.2) is 72.1 Å². The fraction of sp³-hybridized carbons (Fsp3) is 0.174. The first-order valence-corrected chi connectivity index (χ1v) is 11.7. The fourth-order valence-electron chi connectivity index (χ4n) is 2.50. The van der Waals surface area contributed by atoms with Gasteiger partial charge in [-0.3, -0.25) is 0 Å². The lowest BCUT2D eigenvalue weighted by Crippen LogP contribution is -2.28. The number of hydrogen-bond acceptors (Lipinski definition) is 1. The first-order valence-electron chi connectivity index (χ1n) is 8.18. The standard InChI is InChI=1S/C23H22OSi/c1-5-22(25(2,3)4)23(24)21-18-12-11-17-20(21)16-10-9-15-19-13-7-6-8-14-19/h6-8,11-14,17-18,23-24H,1H2,2-4H3. The summed E-state index contributed by atoms with van der Waals surface area (Å²) < 4.78 is 0. The fourth-order valence-corrected chi connectivity index (χ4v) is 4.01. The summed E-state index contributed by atoms with van der Waals surface area (Å²) in [5.74, 6) is 11.8. The van der Waals surface area contributed by atoms with Crippen LogP contribution < -0.4 is 0 Å². The lowest BCUT2D eigenvalue weighted by atomic mass is 10.0. The maximum Gasteiger partial charge on any atom is 0.105 e. The summed E-state index contributed by atoms with van der Waals surface area (Å²) in [4.78, 5) is 0. The highest BCUT2D eigenvalue weighted by atomic mass is 28.3. The maximum absolute atomic E-state index is 10.8. The van der Waals surface area contributed by atoms with Crippen molar-refractivity contribution in [3.63, 3.8) is 0 Å². The number of rotatable bonds is 3. The maximum atomic E-state index is 10.8. The molecule has 0 aliphatic heterocycles. The summed E-state index contributed by atoms with van der Waals surface area (Å²) in [6.45, 7) is 10.3. The lowest BCUT2D eigenvalue weighted by Gasteiger charge is -2.24. The van der Waals surface area contributed by atoms with Gasteiger partial charge >= 0.3 is 0 Å². The van der Waals surface area contributed by atoms with Crippen LogP contribution in [-0.2, 0) is 0 Å². The van der Waals surface area contributed by atoms with E-state index in [0.717, 1.165) is 21.9 Å². The second-order valence-corrected chi connectivity index (χ2v) is 11.7. The van der Waals surface area contributed by atoms with Crippen LogP contribution in [0.1, 0.15) is 22.8 Å². The van der Waals surface area contributed by atoms with Crippen LogP contribution in [0, 0.1) is 23.7 Å². The highest BCUT2D eigenvalue weighted by Gasteiger charge is 2.27. The van der Waals surface area contributed by atoms with E-state index >= 15 is 0 Å². The molecule has 1 atom stereocenters. The van der Waals surface area contributed by atoms with E-state index < -0.39 is 14.2 Å². The van der Waals surface area contributed by atoms with Gasteiger partial charge in [-0.1, -0.05) is 74.5 Å². The normalized spacial score (nSPS) is 11.2. The minimum Gasteiger partial charge on any atom is -0.384 e. The highest BCUT2D eigenvalue weighted by Crippen LogP contribution is 2.30. The van der Waals surface area contributed by atoms with Crippen molar-refractivity contribution in [3.05, 3.63) is 88.8 Å². The number of benzene rings is 2. The third kappa shape index (κ3) is 5.11. The summed E-state index contributed by atoms with van der Waals surface area (Å²) >= 11 is 0. The molecule has 0 spiro atoms. The largest absolute Gasteiger partial charge is 0.384 e. The minimum atomic E-state index is -1.72. The van der Waals surface area contributed by atoms with Crippen LogP contribution in [0.25, 0.3) is 0 Å². The highest BCUT2D eigenvalue weighted by molar-refractivity contribution is 6.83. The van der Waals surface area contributed by atoms with E-state index in [0.29, 0.717) is 0 Å². The molecule has 2 rings (SSSR count). The van der Waals surface area contributed by atoms with Crippen molar-refractivity contribution in [1.82, 2.24) is 0 Å². The summed E-state index contributed by atoms with van der Waals surface area (Å²) in [7, 11) is -1.72. The molecule has 2 aromatic rings. The molecule has 0 fully saturated rings. The number of aliphatic hydroxyl groups is 1. The average Bonchev–Trinajstić information content (AvgIpc) is 2.59. The minimum absolute atomic E-state index is 0.725. The lowest BCUT2D eigenvalue weighted by molar-refractivity contribution is 0.222. The zero-order valence-electron chi connectivity index (χ0n) is 14.9. The summed E-state index contributed by atoms with van der Waals surface area (Å²) in [5.41, 5.74) is 5.45. The summed E-state index contributed by atoms with van der Waals surface area (Å²) in [6.07, 6.45) is -0.725. The van der Waals surface area contributed by atoms with Gasteiger partial charge in [0.15, 0.2) is 0 Å². The molecule has 25 heavy (non-hydrogen) atoms. The zero-order valence-corrected chi connectivity index (χ0v) is 15.9. The Morgan fingerprint density at radius 2 is 1.52 bits per heavy atom. The van der Waals surface area contributed by atoms with E-state index in [-0.39, 0.29) is 0 Å². The van der Waals surface area contributed by atoms with Crippen LogP contribution in [0.2, 0.25) is 19.6 Å². The topological polar surface area (TPSA) is 20.2 Å². The van der Waals surface area contributed by atoms with Gasteiger partial charge in [-0.2, -0.15) is 0 Å². The SMILES string of the molecule is C=C=C(C(O)c1ccccc1C#CC#Cc1ccccc1)[Si](C)(C)C. The summed E-state index contributed by atoms with van der Waals surface area (Å²) in [5, 5.41) is 11.7. The van der Waals surface area contributed by atoms with Gasteiger partial charge in [0.05, 0.1) is 8.07 Å². The molecule has 0 heterocycles. The van der Waals surface area contributed by atoms with E-state index in [1.54, 1.807) is 0 Å². The molecule has 2 aromatic carbocycles. The van der Waals surface area contributed by atoms with Crippen molar-refractivity contribution in [2.45, 2.75) is 25.7 Å². The predicted molar refractivity (Wildman–Crippen MR) is 108 cm³/mol. The first-order chi connectivity index (χ1) is 11.9. The van der Waals surface area contributed by atoms with Crippen molar-refractivity contribution in [1.29, 1.82) is 0 Å². The molecule has 124 valence electrons. The van der Waals surface area contributed by atoms with Gasteiger partial charge in [0.1, 0.15) is 6.10 Å². The van der Waals surface area contributed by atoms with Crippen molar-refractivity contribution < 1.29 is 5.11 Å². The molecule has 0 aromatic heterocycles. The Kier molecular flexibility index (Phi) is 6.23. The molecule has 1 nitrogen and oxygen atoms in total. The van der Waals surface area contributed by atoms with E-state index in [1.807, 2.05) is 54.6 Å².